The number of benzene rings is 1. The fourth-order valence-corrected chi connectivity index (χ4v) is 3.45. The molecular formula is C22H35N3O5. The summed E-state index contributed by atoms with van der Waals surface area (Å²) in [6.45, 7) is 7.11. The van der Waals surface area contributed by atoms with Crippen LogP contribution in [0.25, 0.3) is 0 Å². The highest BCUT2D eigenvalue weighted by Crippen LogP contribution is 2.20. The zero-order valence-electron chi connectivity index (χ0n) is 18.1. The van der Waals surface area contributed by atoms with Gasteiger partial charge in [0, 0.05) is 12.0 Å². The molecular weight excluding hydrogens is 386 g/mol. The highest BCUT2D eigenvalue weighted by molar-refractivity contribution is 5.94. The van der Waals surface area contributed by atoms with Crippen molar-refractivity contribution in [1.82, 2.24) is 5.32 Å². The van der Waals surface area contributed by atoms with Crippen LogP contribution < -0.4 is 16.8 Å². The van der Waals surface area contributed by atoms with Gasteiger partial charge < -0.3 is 27.0 Å². The molecule has 0 radical (unpaired) electrons. The number of carboxylic acid groups (broad SMARTS) is 1. The van der Waals surface area contributed by atoms with Gasteiger partial charge in [0.2, 0.25) is 5.91 Å². The molecule has 0 spiro atoms. The normalized spacial score (nSPS) is 16.6. The van der Waals surface area contributed by atoms with Crippen LogP contribution in [0.5, 0.6) is 0 Å². The minimum absolute atomic E-state index is 0.0444. The van der Waals surface area contributed by atoms with Crippen molar-refractivity contribution in [2.75, 3.05) is 0 Å². The topological polar surface area (TPSA) is 156 Å². The van der Waals surface area contributed by atoms with Crippen LogP contribution in [0, 0.1) is 17.8 Å². The quantitative estimate of drug-likeness (QED) is 0.332. The molecule has 1 aromatic carbocycles. The summed E-state index contributed by atoms with van der Waals surface area (Å²) in [6, 6.07) is 5.96. The molecule has 1 aromatic rings. The van der Waals surface area contributed by atoms with Gasteiger partial charge in [-0.2, -0.15) is 0 Å². The molecule has 168 valence electrons. The second kappa shape index (κ2) is 11.8. The van der Waals surface area contributed by atoms with Gasteiger partial charge in [-0.15, -0.1) is 0 Å². The molecule has 8 nitrogen and oxygen atoms in total. The summed E-state index contributed by atoms with van der Waals surface area (Å²) in [5, 5.41) is 22.3. The Morgan fingerprint density at radius 1 is 1.03 bits per heavy atom. The molecule has 7 N–H and O–H groups in total. The molecule has 1 rings (SSSR count). The van der Waals surface area contributed by atoms with Crippen molar-refractivity contribution < 1.29 is 24.6 Å². The predicted molar refractivity (Wildman–Crippen MR) is 114 cm³/mol. The Hall–Kier alpha value is -2.29. The summed E-state index contributed by atoms with van der Waals surface area (Å²) in [6.07, 6.45) is -0.976. The molecule has 5 atom stereocenters. The molecule has 2 unspecified atom stereocenters. The van der Waals surface area contributed by atoms with Crippen LogP contribution >= 0.6 is 0 Å². The first-order valence-electron chi connectivity index (χ1n) is 10.3. The van der Waals surface area contributed by atoms with Crippen molar-refractivity contribution in [3.63, 3.8) is 0 Å². The molecule has 0 bridgehead atoms. The largest absolute Gasteiger partial charge is 0.480 e. The summed E-state index contributed by atoms with van der Waals surface area (Å²) in [4.78, 5) is 37.0. The average molecular weight is 422 g/mol. The van der Waals surface area contributed by atoms with Crippen LogP contribution in [0.3, 0.4) is 0 Å². The number of aliphatic carboxylic acids is 1. The summed E-state index contributed by atoms with van der Waals surface area (Å²) < 4.78 is 0. The number of rotatable bonds is 12. The SMILES string of the molecule is CC(C)C[C@@H](NC(=O)[C@@H](N)C(C(=O)[C@@H](O)C(N)Cc1ccccc1)C(C)C)C(=O)O. The Morgan fingerprint density at radius 2 is 1.60 bits per heavy atom. The maximum absolute atomic E-state index is 13.0. The first kappa shape index (κ1) is 25.7. The fraction of sp³-hybridized carbons (Fsp3) is 0.591. The van der Waals surface area contributed by atoms with Gasteiger partial charge in [-0.05, 0) is 30.2 Å². The standard InChI is InChI=1S/C22H35N3O5/c1-12(2)10-16(22(29)30)25-21(28)18(24)17(13(3)4)20(27)19(26)15(23)11-14-8-6-5-7-9-14/h5-9,12-13,15-19,26H,10-11,23-24H2,1-4H3,(H,25,28)(H,29,30)/t15?,16-,17?,18+,19+/m1/s1. The maximum atomic E-state index is 13.0. The summed E-state index contributed by atoms with van der Waals surface area (Å²) in [7, 11) is 0. The molecule has 0 saturated carbocycles. The lowest BCUT2D eigenvalue weighted by Gasteiger charge is -2.30. The Bertz CT molecular complexity index is 708. The highest BCUT2D eigenvalue weighted by Gasteiger charge is 2.39. The van der Waals surface area contributed by atoms with E-state index in [1.165, 1.54) is 0 Å². The van der Waals surface area contributed by atoms with Gasteiger partial charge in [0.1, 0.15) is 12.1 Å². The number of hydrogen-bond donors (Lipinski definition) is 5. The first-order valence-corrected chi connectivity index (χ1v) is 10.3. The van der Waals surface area contributed by atoms with E-state index in [9.17, 15) is 24.6 Å². The van der Waals surface area contributed by atoms with Crippen molar-refractivity contribution >= 4 is 17.7 Å². The molecule has 0 heterocycles. The number of nitrogens with two attached hydrogens (primary N) is 2. The fourth-order valence-electron chi connectivity index (χ4n) is 3.45. The van der Waals surface area contributed by atoms with Gasteiger partial charge in [0.25, 0.3) is 0 Å². The Morgan fingerprint density at radius 3 is 2.07 bits per heavy atom. The lowest BCUT2D eigenvalue weighted by Crippen LogP contribution is -2.57. The summed E-state index contributed by atoms with van der Waals surface area (Å²) in [5.74, 6) is -3.84. The number of Topliss-reactive ketones (excluding diaryl/α,β-unsaturated/α-hetero) is 1. The van der Waals surface area contributed by atoms with E-state index in [2.05, 4.69) is 5.32 Å². The van der Waals surface area contributed by atoms with E-state index >= 15 is 0 Å². The zero-order valence-corrected chi connectivity index (χ0v) is 18.1. The van der Waals surface area contributed by atoms with Gasteiger partial charge in [0.05, 0.1) is 6.04 Å². The number of ketones is 1. The third kappa shape index (κ3) is 7.51. The number of carboxylic acids is 1. The third-order valence-corrected chi connectivity index (χ3v) is 5.07. The molecule has 0 fully saturated rings. The smallest absolute Gasteiger partial charge is 0.326 e. The number of aliphatic hydroxyl groups excluding tert-OH is 1. The van der Waals surface area contributed by atoms with Crippen LogP contribution in [0.2, 0.25) is 0 Å². The van der Waals surface area contributed by atoms with E-state index in [0.29, 0.717) is 0 Å². The average Bonchev–Trinajstić information content (AvgIpc) is 2.66. The van der Waals surface area contributed by atoms with Crippen molar-refractivity contribution in [2.24, 2.45) is 29.2 Å². The Kier molecular flexibility index (Phi) is 10.1. The van der Waals surface area contributed by atoms with Crippen LogP contribution in [0.15, 0.2) is 30.3 Å². The number of amides is 1. The second-order valence-corrected chi connectivity index (χ2v) is 8.53. The van der Waals surface area contributed by atoms with Crippen LogP contribution in [0.4, 0.5) is 0 Å². The molecule has 0 saturated heterocycles. The molecule has 0 aliphatic carbocycles. The molecule has 1 amide bonds. The Balaban J connectivity index is 2.90. The third-order valence-electron chi connectivity index (χ3n) is 5.07. The monoisotopic (exact) mass is 421 g/mol. The lowest BCUT2D eigenvalue weighted by atomic mass is 9.80. The van der Waals surface area contributed by atoms with Gasteiger partial charge >= 0.3 is 5.97 Å². The van der Waals surface area contributed by atoms with E-state index in [-0.39, 0.29) is 24.7 Å². The van der Waals surface area contributed by atoms with Crippen molar-refractivity contribution in [2.45, 2.75) is 64.8 Å². The highest BCUT2D eigenvalue weighted by atomic mass is 16.4. The van der Waals surface area contributed by atoms with Gasteiger partial charge in [-0.25, -0.2) is 4.79 Å². The van der Waals surface area contributed by atoms with Gasteiger partial charge in [-0.1, -0.05) is 58.0 Å². The molecule has 30 heavy (non-hydrogen) atoms. The van der Waals surface area contributed by atoms with E-state index in [1.807, 2.05) is 44.2 Å². The zero-order chi connectivity index (χ0) is 23.0. The van der Waals surface area contributed by atoms with Crippen LogP contribution in [0.1, 0.15) is 39.7 Å². The molecule has 0 aliphatic rings. The van der Waals surface area contributed by atoms with E-state index < -0.39 is 47.8 Å². The van der Waals surface area contributed by atoms with E-state index in [4.69, 9.17) is 11.5 Å². The second-order valence-electron chi connectivity index (χ2n) is 8.53. The number of hydrogen-bond acceptors (Lipinski definition) is 6. The van der Waals surface area contributed by atoms with Gasteiger partial charge in [-0.3, -0.25) is 9.59 Å². The molecule has 0 aromatic heterocycles. The van der Waals surface area contributed by atoms with Crippen molar-refractivity contribution in [3.05, 3.63) is 35.9 Å². The number of carbonyl (C=O) groups excluding carboxylic acids is 2. The number of carbonyl (C=O) groups is 3. The minimum atomic E-state index is -1.50. The first-order chi connectivity index (χ1) is 14.0. The van der Waals surface area contributed by atoms with Crippen LogP contribution in [-0.2, 0) is 20.8 Å². The molecule has 8 heteroatoms. The Labute approximate surface area is 178 Å². The van der Waals surface area contributed by atoms with Crippen LogP contribution in [-0.4, -0.2) is 52.1 Å². The number of nitrogens with one attached hydrogen (secondary N) is 1. The predicted octanol–water partition coefficient (Wildman–Crippen LogP) is 0.701. The van der Waals surface area contributed by atoms with E-state index in [1.54, 1.807) is 13.8 Å². The van der Waals surface area contributed by atoms with Crippen molar-refractivity contribution in [3.8, 4) is 0 Å². The lowest BCUT2D eigenvalue weighted by molar-refractivity contribution is -0.143. The summed E-state index contributed by atoms with van der Waals surface area (Å²) >= 11 is 0. The summed E-state index contributed by atoms with van der Waals surface area (Å²) in [5.41, 5.74) is 13.0. The minimum Gasteiger partial charge on any atom is -0.480 e. The molecule has 0 aliphatic heterocycles. The van der Waals surface area contributed by atoms with Gasteiger partial charge in [0.15, 0.2) is 5.78 Å². The van der Waals surface area contributed by atoms with E-state index in [0.717, 1.165) is 5.56 Å². The maximum Gasteiger partial charge on any atom is 0.326 e. The van der Waals surface area contributed by atoms with Crippen molar-refractivity contribution in [1.29, 1.82) is 0 Å². The number of aliphatic hydroxyl groups is 1.